The third-order valence-corrected chi connectivity index (χ3v) is 3.61. The van der Waals surface area contributed by atoms with Gasteiger partial charge in [-0.2, -0.15) is 0 Å². The van der Waals surface area contributed by atoms with E-state index in [1.54, 1.807) is 18.2 Å². The number of benzene rings is 1. The first-order chi connectivity index (χ1) is 12.9. The van der Waals surface area contributed by atoms with E-state index in [1.165, 1.54) is 6.07 Å². The van der Waals surface area contributed by atoms with Crippen molar-refractivity contribution in [3.05, 3.63) is 29.8 Å². The highest BCUT2D eigenvalue weighted by Crippen LogP contribution is 2.17. The molecule has 0 fully saturated rings. The number of rotatable bonds is 13. The number of carboxylic acids is 3. The van der Waals surface area contributed by atoms with E-state index in [0.717, 1.165) is 44.9 Å². The zero-order valence-corrected chi connectivity index (χ0v) is 15.9. The van der Waals surface area contributed by atoms with Gasteiger partial charge in [0.15, 0.2) is 0 Å². The van der Waals surface area contributed by atoms with Crippen LogP contribution in [0.15, 0.2) is 24.3 Å². The summed E-state index contributed by atoms with van der Waals surface area (Å²) in [6.45, 7) is 2.52. The summed E-state index contributed by atoms with van der Waals surface area (Å²) in [6, 6.07) is 6.64. The van der Waals surface area contributed by atoms with Crippen LogP contribution in [0.25, 0.3) is 0 Å². The van der Waals surface area contributed by atoms with Crippen molar-refractivity contribution in [2.45, 2.75) is 64.7 Å². The highest BCUT2D eigenvalue weighted by molar-refractivity contribution is 5.90. The molecular formula is C20H30O7. The Morgan fingerprint density at radius 3 is 1.74 bits per heavy atom. The van der Waals surface area contributed by atoms with Crippen LogP contribution in [0.2, 0.25) is 0 Å². The van der Waals surface area contributed by atoms with Crippen LogP contribution in [0.5, 0.6) is 5.75 Å². The second-order valence-electron chi connectivity index (χ2n) is 6.06. The quantitative estimate of drug-likeness (QED) is 0.431. The van der Waals surface area contributed by atoms with Gasteiger partial charge in [0.2, 0.25) is 0 Å². The van der Waals surface area contributed by atoms with Crippen molar-refractivity contribution in [3.63, 3.8) is 0 Å². The van der Waals surface area contributed by atoms with E-state index in [0.29, 0.717) is 12.4 Å². The number of aliphatic carboxylic acids is 2. The minimum absolute atomic E-state index is 0.218. The third-order valence-electron chi connectivity index (χ3n) is 3.61. The second kappa shape index (κ2) is 15.7. The Morgan fingerprint density at radius 1 is 0.815 bits per heavy atom. The number of hydrogen-bond donors (Lipinski definition) is 3. The maximum Gasteiger partial charge on any atom is 0.339 e. The van der Waals surface area contributed by atoms with Crippen LogP contribution in [0.1, 0.15) is 75.1 Å². The maximum atomic E-state index is 10.7. The standard InChI is InChI=1S/C10H18O4.C10H12O3/c11-9(12)7-5-3-1-2-4-6-8-10(13)14;1-2-7-13-9-6-4-3-5-8(9)10(11)12/h1-8H2,(H,11,12)(H,13,14);3-6H,2,7H2,1H3,(H,11,12). The molecule has 1 rings (SSSR count). The van der Waals surface area contributed by atoms with E-state index >= 15 is 0 Å². The lowest BCUT2D eigenvalue weighted by molar-refractivity contribution is -0.138. The van der Waals surface area contributed by atoms with Crippen LogP contribution in [0.3, 0.4) is 0 Å². The zero-order chi connectivity index (χ0) is 20.5. The number of unbranched alkanes of at least 4 members (excludes halogenated alkanes) is 5. The fraction of sp³-hybridized carbons (Fsp3) is 0.550. The van der Waals surface area contributed by atoms with E-state index in [1.807, 2.05) is 6.92 Å². The molecule has 7 nitrogen and oxygen atoms in total. The van der Waals surface area contributed by atoms with Crippen molar-refractivity contribution >= 4 is 17.9 Å². The fourth-order valence-electron chi connectivity index (χ4n) is 2.24. The Bertz CT molecular complexity index is 549. The Morgan fingerprint density at radius 2 is 1.30 bits per heavy atom. The molecule has 0 amide bonds. The summed E-state index contributed by atoms with van der Waals surface area (Å²) in [6.07, 6.45) is 6.69. The average Bonchev–Trinajstić information content (AvgIpc) is 2.62. The number of carboxylic acid groups (broad SMARTS) is 3. The van der Waals surface area contributed by atoms with Crippen LogP contribution in [0, 0.1) is 0 Å². The highest BCUT2D eigenvalue weighted by Gasteiger charge is 2.08. The van der Waals surface area contributed by atoms with Gasteiger partial charge >= 0.3 is 17.9 Å². The Balaban J connectivity index is 0.000000501. The monoisotopic (exact) mass is 382 g/mol. The molecule has 152 valence electrons. The fourth-order valence-corrected chi connectivity index (χ4v) is 2.24. The van der Waals surface area contributed by atoms with Crippen LogP contribution in [-0.4, -0.2) is 39.8 Å². The SMILES string of the molecule is CCCOc1ccccc1C(=O)O.O=C(O)CCCCCCCCC(=O)O. The van der Waals surface area contributed by atoms with Gasteiger partial charge in [0.1, 0.15) is 11.3 Å². The molecule has 0 heterocycles. The summed E-state index contributed by atoms with van der Waals surface area (Å²) in [4.78, 5) is 31.0. The van der Waals surface area contributed by atoms with Gasteiger partial charge in [0.05, 0.1) is 6.61 Å². The first-order valence-electron chi connectivity index (χ1n) is 9.27. The van der Waals surface area contributed by atoms with Gasteiger partial charge < -0.3 is 20.1 Å². The molecule has 0 saturated carbocycles. The van der Waals surface area contributed by atoms with Gasteiger partial charge in [-0.05, 0) is 31.4 Å². The molecule has 0 aromatic heterocycles. The molecule has 0 aliphatic rings. The molecule has 0 bridgehead atoms. The Labute approximate surface area is 160 Å². The van der Waals surface area contributed by atoms with Crippen molar-refractivity contribution in [2.24, 2.45) is 0 Å². The normalized spacial score (nSPS) is 9.81. The topological polar surface area (TPSA) is 121 Å². The number of carbonyl (C=O) groups is 3. The number of ether oxygens (including phenoxy) is 1. The van der Waals surface area contributed by atoms with Gasteiger partial charge in [-0.25, -0.2) is 4.79 Å². The predicted octanol–water partition coefficient (Wildman–Crippen LogP) is 4.45. The van der Waals surface area contributed by atoms with Crippen LogP contribution in [-0.2, 0) is 9.59 Å². The number of para-hydroxylation sites is 1. The van der Waals surface area contributed by atoms with E-state index in [4.69, 9.17) is 20.1 Å². The molecule has 1 aromatic carbocycles. The molecule has 0 saturated heterocycles. The van der Waals surface area contributed by atoms with Gasteiger partial charge in [-0.15, -0.1) is 0 Å². The molecule has 0 unspecified atom stereocenters. The molecule has 7 heteroatoms. The summed E-state index contributed by atoms with van der Waals surface area (Å²) in [5, 5.41) is 25.5. The third kappa shape index (κ3) is 14.3. The van der Waals surface area contributed by atoms with Crippen LogP contribution in [0.4, 0.5) is 0 Å². The number of aromatic carboxylic acids is 1. The number of hydrogen-bond acceptors (Lipinski definition) is 4. The maximum absolute atomic E-state index is 10.7. The summed E-state index contributed by atoms with van der Waals surface area (Å²) in [5.41, 5.74) is 0.218. The van der Waals surface area contributed by atoms with E-state index in [9.17, 15) is 14.4 Å². The van der Waals surface area contributed by atoms with Crippen molar-refractivity contribution < 1.29 is 34.4 Å². The van der Waals surface area contributed by atoms with Crippen molar-refractivity contribution in [1.29, 1.82) is 0 Å². The Hall–Kier alpha value is -2.57. The summed E-state index contributed by atoms with van der Waals surface area (Å²) in [5.74, 6) is -1.99. The van der Waals surface area contributed by atoms with E-state index in [2.05, 4.69) is 0 Å². The van der Waals surface area contributed by atoms with Crippen LogP contribution >= 0.6 is 0 Å². The molecule has 0 aliphatic heterocycles. The van der Waals surface area contributed by atoms with E-state index in [-0.39, 0.29) is 18.4 Å². The minimum atomic E-state index is -0.952. The average molecular weight is 382 g/mol. The zero-order valence-electron chi connectivity index (χ0n) is 15.9. The molecule has 0 spiro atoms. The second-order valence-corrected chi connectivity index (χ2v) is 6.06. The molecule has 1 aromatic rings. The van der Waals surface area contributed by atoms with E-state index < -0.39 is 17.9 Å². The summed E-state index contributed by atoms with van der Waals surface area (Å²) >= 11 is 0. The van der Waals surface area contributed by atoms with Crippen molar-refractivity contribution in [1.82, 2.24) is 0 Å². The molecule has 0 atom stereocenters. The van der Waals surface area contributed by atoms with Gasteiger partial charge in [0, 0.05) is 12.8 Å². The predicted molar refractivity (Wildman–Crippen MR) is 101 cm³/mol. The largest absolute Gasteiger partial charge is 0.493 e. The lowest BCUT2D eigenvalue weighted by Crippen LogP contribution is -2.03. The van der Waals surface area contributed by atoms with Gasteiger partial charge in [0.25, 0.3) is 0 Å². The lowest BCUT2D eigenvalue weighted by atomic mass is 10.1. The van der Waals surface area contributed by atoms with Gasteiger partial charge in [-0.1, -0.05) is 44.7 Å². The van der Waals surface area contributed by atoms with Gasteiger partial charge in [-0.3, -0.25) is 9.59 Å². The first kappa shape index (κ1) is 24.4. The molecule has 0 aliphatic carbocycles. The molecule has 27 heavy (non-hydrogen) atoms. The summed E-state index contributed by atoms with van der Waals surface area (Å²) < 4.78 is 5.27. The molecular weight excluding hydrogens is 352 g/mol. The van der Waals surface area contributed by atoms with Crippen LogP contribution < -0.4 is 4.74 Å². The smallest absolute Gasteiger partial charge is 0.339 e. The first-order valence-corrected chi connectivity index (χ1v) is 9.27. The molecule has 0 radical (unpaired) electrons. The lowest BCUT2D eigenvalue weighted by Gasteiger charge is -2.06. The Kier molecular flexibility index (Phi) is 14.2. The minimum Gasteiger partial charge on any atom is -0.493 e. The van der Waals surface area contributed by atoms with Crippen molar-refractivity contribution in [2.75, 3.05) is 6.61 Å². The highest BCUT2D eigenvalue weighted by atomic mass is 16.5. The summed E-state index contributed by atoms with van der Waals surface area (Å²) in [7, 11) is 0. The van der Waals surface area contributed by atoms with Crippen molar-refractivity contribution in [3.8, 4) is 5.75 Å². The molecule has 3 N–H and O–H groups in total.